The van der Waals surface area contributed by atoms with E-state index in [1.807, 2.05) is 44.2 Å². The van der Waals surface area contributed by atoms with Crippen LogP contribution in [0.4, 0.5) is 0 Å². The van der Waals surface area contributed by atoms with Gasteiger partial charge in [-0.3, -0.25) is 14.4 Å². The average molecular weight is 345 g/mol. The van der Waals surface area contributed by atoms with Gasteiger partial charge in [0, 0.05) is 25.6 Å². The summed E-state index contributed by atoms with van der Waals surface area (Å²) in [5.41, 5.74) is 0.948. The largest absolute Gasteiger partial charge is 0.354 e. The van der Waals surface area contributed by atoms with Crippen LogP contribution in [0.1, 0.15) is 38.7 Å². The molecule has 0 aromatic heterocycles. The minimum Gasteiger partial charge on any atom is -0.354 e. The fourth-order valence-electron chi connectivity index (χ4n) is 3.02. The monoisotopic (exact) mass is 345 g/mol. The van der Waals surface area contributed by atoms with Crippen LogP contribution in [0.25, 0.3) is 0 Å². The van der Waals surface area contributed by atoms with E-state index in [4.69, 9.17) is 0 Å². The Balaban J connectivity index is 1.82. The molecule has 25 heavy (non-hydrogen) atoms. The fraction of sp³-hybridized carbons (Fsp3) is 0.526. The molecule has 1 heterocycles. The van der Waals surface area contributed by atoms with E-state index < -0.39 is 6.04 Å². The van der Waals surface area contributed by atoms with Gasteiger partial charge in [-0.05, 0) is 32.3 Å². The molecule has 2 rings (SSSR count). The third-order valence-corrected chi connectivity index (χ3v) is 4.17. The van der Waals surface area contributed by atoms with E-state index >= 15 is 0 Å². The molecule has 136 valence electrons. The Morgan fingerprint density at radius 3 is 2.60 bits per heavy atom. The molecule has 6 nitrogen and oxygen atoms in total. The molecule has 1 saturated heterocycles. The molecule has 3 amide bonds. The van der Waals surface area contributed by atoms with Crippen molar-refractivity contribution in [3.05, 3.63) is 35.9 Å². The quantitative estimate of drug-likeness (QED) is 0.781. The lowest BCUT2D eigenvalue weighted by molar-refractivity contribution is -0.138. The fourth-order valence-corrected chi connectivity index (χ4v) is 3.02. The lowest BCUT2D eigenvalue weighted by Gasteiger charge is -2.24. The Bertz CT molecular complexity index is 601. The van der Waals surface area contributed by atoms with Gasteiger partial charge in [0.1, 0.15) is 6.04 Å². The summed E-state index contributed by atoms with van der Waals surface area (Å²) in [5, 5.41) is 5.57. The highest BCUT2D eigenvalue weighted by molar-refractivity contribution is 5.89. The molecule has 0 saturated carbocycles. The highest BCUT2D eigenvalue weighted by Crippen LogP contribution is 2.19. The minimum atomic E-state index is -0.427. The summed E-state index contributed by atoms with van der Waals surface area (Å²) in [4.78, 5) is 38.2. The van der Waals surface area contributed by atoms with Crippen LogP contribution in [0, 0.1) is 0 Å². The van der Waals surface area contributed by atoms with Crippen LogP contribution in [-0.4, -0.2) is 47.8 Å². The number of likely N-dealkylation sites (tertiary alicyclic amines) is 1. The first kappa shape index (κ1) is 19.0. The molecule has 1 aliphatic rings. The Morgan fingerprint density at radius 1 is 1.20 bits per heavy atom. The average Bonchev–Trinajstić information content (AvgIpc) is 3.04. The maximum absolute atomic E-state index is 12.5. The van der Waals surface area contributed by atoms with E-state index in [2.05, 4.69) is 10.6 Å². The van der Waals surface area contributed by atoms with E-state index in [0.29, 0.717) is 19.4 Å². The van der Waals surface area contributed by atoms with Crippen molar-refractivity contribution in [3.63, 3.8) is 0 Å². The van der Waals surface area contributed by atoms with Gasteiger partial charge in [-0.15, -0.1) is 0 Å². The maximum atomic E-state index is 12.5. The van der Waals surface area contributed by atoms with Gasteiger partial charge < -0.3 is 15.5 Å². The smallest absolute Gasteiger partial charge is 0.242 e. The predicted molar refractivity (Wildman–Crippen MR) is 95.8 cm³/mol. The summed E-state index contributed by atoms with van der Waals surface area (Å²) in [7, 11) is 0. The van der Waals surface area contributed by atoms with Gasteiger partial charge in [-0.25, -0.2) is 0 Å². The Kier molecular flexibility index (Phi) is 6.98. The molecule has 2 N–H and O–H groups in total. The molecule has 1 fully saturated rings. The summed E-state index contributed by atoms with van der Waals surface area (Å²) < 4.78 is 0. The SMILES string of the molecule is CC(C)NC(=O)CCNC(=O)C1CCCN1C(=O)Cc1ccccc1. The first-order chi connectivity index (χ1) is 12.0. The van der Waals surface area contributed by atoms with Gasteiger partial charge in [0.15, 0.2) is 0 Å². The standard InChI is InChI=1S/C19H27N3O3/c1-14(2)21-17(23)10-11-20-19(25)16-9-6-12-22(16)18(24)13-15-7-4-3-5-8-15/h3-5,7-8,14,16H,6,9-13H2,1-2H3,(H,20,25)(H,21,23). The number of nitrogens with zero attached hydrogens (tertiary/aromatic N) is 1. The topological polar surface area (TPSA) is 78.5 Å². The summed E-state index contributed by atoms with van der Waals surface area (Å²) in [6.07, 6.45) is 2.05. The van der Waals surface area contributed by atoms with Crippen LogP contribution in [0.2, 0.25) is 0 Å². The van der Waals surface area contributed by atoms with E-state index in [9.17, 15) is 14.4 Å². The molecule has 0 bridgehead atoms. The van der Waals surface area contributed by atoms with Gasteiger partial charge in [0.05, 0.1) is 6.42 Å². The Hall–Kier alpha value is -2.37. The molecule has 1 unspecified atom stereocenters. The number of hydrogen-bond donors (Lipinski definition) is 2. The van der Waals surface area contributed by atoms with Crippen molar-refractivity contribution < 1.29 is 14.4 Å². The highest BCUT2D eigenvalue weighted by atomic mass is 16.2. The zero-order valence-corrected chi connectivity index (χ0v) is 15.0. The number of hydrogen-bond acceptors (Lipinski definition) is 3. The van der Waals surface area contributed by atoms with E-state index in [0.717, 1.165) is 12.0 Å². The van der Waals surface area contributed by atoms with Gasteiger partial charge in [0.25, 0.3) is 0 Å². The second-order valence-electron chi connectivity index (χ2n) is 6.67. The Morgan fingerprint density at radius 2 is 1.92 bits per heavy atom. The lowest BCUT2D eigenvalue weighted by Crippen LogP contribution is -2.47. The van der Waals surface area contributed by atoms with Crippen molar-refractivity contribution in [1.29, 1.82) is 0 Å². The second-order valence-corrected chi connectivity index (χ2v) is 6.67. The molecular formula is C19H27N3O3. The van der Waals surface area contributed by atoms with Crippen LogP contribution < -0.4 is 10.6 Å². The molecule has 6 heteroatoms. The van der Waals surface area contributed by atoms with Crippen molar-refractivity contribution in [2.75, 3.05) is 13.1 Å². The molecule has 0 aliphatic carbocycles. The van der Waals surface area contributed by atoms with Crippen molar-refractivity contribution in [2.24, 2.45) is 0 Å². The van der Waals surface area contributed by atoms with Crippen LogP contribution in [0.15, 0.2) is 30.3 Å². The van der Waals surface area contributed by atoms with Crippen molar-refractivity contribution in [2.45, 2.75) is 51.6 Å². The summed E-state index contributed by atoms with van der Waals surface area (Å²) >= 11 is 0. The molecule has 1 aromatic rings. The van der Waals surface area contributed by atoms with Gasteiger partial charge in [0.2, 0.25) is 17.7 Å². The third-order valence-electron chi connectivity index (χ3n) is 4.17. The van der Waals surface area contributed by atoms with Crippen LogP contribution in [0.3, 0.4) is 0 Å². The maximum Gasteiger partial charge on any atom is 0.242 e. The molecule has 0 spiro atoms. The summed E-state index contributed by atoms with van der Waals surface area (Å²) in [6.45, 7) is 4.68. The van der Waals surface area contributed by atoms with E-state index in [1.165, 1.54) is 0 Å². The second kappa shape index (κ2) is 9.20. The summed E-state index contributed by atoms with van der Waals surface area (Å²) in [6, 6.07) is 9.20. The zero-order chi connectivity index (χ0) is 18.2. The number of amides is 3. The van der Waals surface area contributed by atoms with Crippen molar-refractivity contribution >= 4 is 17.7 Å². The molecule has 0 radical (unpaired) electrons. The predicted octanol–water partition coefficient (Wildman–Crippen LogP) is 1.25. The van der Waals surface area contributed by atoms with Crippen LogP contribution in [-0.2, 0) is 20.8 Å². The zero-order valence-electron chi connectivity index (χ0n) is 15.0. The van der Waals surface area contributed by atoms with E-state index in [-0.39, 0.29) is 36.7 Å². The van der Waals surface area contributed by atoms with Gasteiger partial charge in [-0.2, -0.15) is 0 Å². The number of carbonyl (C=O) groups excluding carboxylic acids is 3. The molecule has 1 atom stereocenters. The normalized spacial score (nSPS) is 16.8. The lowest BCUT2D eigenvalue weighted by atomic mass is 10.1. The number of benzene rings is 1. The summed E-state index contributed by atoms with van der Waals surface area (Å²) in [5.74, 6) is -0.281. The molecule has 1 aliphatic heterocycles. The van der Waals surface area contributed by atoms with Crippen LogP contribution in [0.5, 0.6) is 0 Å². The first-order valence-corrected chi connectivity index (χ1v) is 8.88. The Labute approximate surface area is 149 Å². The van der Waals surface area contributed by atoms with Crippen molar-refractivity contribution in [3.8, 4) is 0 Å². The van der Waals surface area contributed by atoms with Gasteiger partial charge in [-0.1, -0.05) is 30.3 Å². The number of carbonyl (C=O) groups is 3. The van der Waals surface area contributed by atoms with E-state index in [1.54, 1.807) is 4.90 Å². The highest BCUT2D eigenvalue weighted by Gasteiger charge is 2.33. The number of nitrogens with one attached hydrogen (secondary N) is 2. The molecule has 1 aromatic carbocycles. The molecular weight excluding hydrogens is 318 g/mol. The number of rotatable bonds is 7. The minimum absolute atomic E-state index is 0.0265. The van der Waals surface area contributed by atoms with Crippen LogP contribution >= 0.6 is 0 Å². The third kappa shape index (κ3) is 5.89. The van der Waals surface area contributed by atoms with Gasteiger partial charge >= 0.3 is 0 Å². The first-order valence-electron chi connectivity index (χ1n) is 8.88. The van der Waals surface area contributed by atoms with Crippen molar-refractivity contribution in [1.82, 2.24) is 15.5 Å².